The number of hydrogen-bond acceptors (Lipinski definition) is 5. The molecule has 0 saturated heterocycles. The molecule has 1 aromatic rings. The number of ketones is 2. The van der Waals surface area contributed by atoms with Crippen LogP contribution in [0.15, 0.2) is 23.3 Å². The highest BCUT2D eigenvalue weighted by atomic mass is 16.4. The van der Waals surface area contributed by atoms with Gasteiger partial charge in [-0.25, -0.2) is 0 Å². The summed E-state index contributed by atoms with van der Waals surface area (Å²) >= 11 is 0. The summed E-state index contributed by atoms with van der Waals surface area (Å²) in [4.78, 5) is 59.8. The van der Waals surface area contributed by atoms with Crippen molar-refractivity contribution < 1.29 is 29.4 Å². The summed E-state index contributed by atoms with van der Waals surface area (Å²) in [5.41, 5.74) is -2.68. The largest absolute Gasteiger partial charge is 0.481 e. The molecule has 0 radical (unpaired) electrons. The number of aromatic amines is 1. The highest BCUT2D eigenvalue weighted by molar-refractivity contribution is 6.31. The first-order valence-corrected chi connectivity index (χ1v) is 12.3. The molecular weight excluding hydrogens is 436 g/mol. The second-order valence-corrected chi connectivity index (χ2v) is 9.50. The summed E-state index contributed by atoms with van der Waals surface area (Å²) in [7, 11) is 0. The third-order valence-electron chi connectivity index (χ3n) is 7.33. The first-order valence-electron chi connectivity index (χ1n) is 12.3. The normalized spacial score (nSPS) is 21.0. The minimum atomic E-state index is -1.67. The van der Waals surface area contributed by atoms with Crippen LogP contribution in [0.5, 0.6) is 0 Å². The molecule has 0 spiro atoms. The maximum Gasteiger partial charge on any atom is 0.308 e. The van der Waals surface area contributed by atoms with Crippen molar-refractivity contribution in [2.75, 3.05) is 0 Å². The molecule has 2 atom stereocenters. The lowest BCUT2D eigenvalue weighted by Gasteiger charge is -2.37. The van der Waals surface area contributed by atoms with Gasteiger partial charge in [-0.15, -0.1) is 0 Å². The van der Waals surface area contributed by atoms with Crippen LogP contribution in [0.1, 0.15) is 91.2 Å². The van der Waals surface area contributed by atoms with Gasteiger partial charge in [0.2, 0.25) is 0 Å². The summed E-state index contributed by atoms with van der Waals surface area (Å²) in [6.07, 6.45) is 6.37. The van der Waals surface area contributed by atoms with Crippen molar-refractivity contribution in [2.45, 2.75) is 91.0 Å². The number of carbonyl (C=O) groups excluding carboxylic acids is 2. The molecule has 0 saturated carbocycles. The van der Waals surface area contributed by atoms with E-state index in [9.17, 15) is 29.4 Å². The van der Waals surface area contributed by atoms with E-state index in [0.717, 1.165) is 25.7 Å². The van der Waals surface area contributed by atoms with Crippen LogP contribution in [-0.2, 0) is 19.2 Å². The van der Waals surface area contributed by atoms with Crippen LogP contribution in [0.3, 0.4) is 0 Å². The van der Waals surface area contributed by atoms with Gasteiger partial charge in [-0.3, -0.25) is 24.2 Å². The van der Waals surface area contributed by atoms with Crippen LogP contribution >= 0.6 is 0 Å². The standard InChI is InChI=1S/C26H38N2O6/c1-5-7-9-13-20(29)25(21(30)14-10-8-6-2)16-26(17(3)23(31)32,18(4)24(33)34)28-22(25)19-12-11-15-27-19/h11-12,15,17-18,27H,5-10,13-14,16H2,1-4H3,(H,31,32)(H,33,34). The highest BCUT2D eigenvalue weighted by Crippen LogP contribution is 2.51. The molecule has 0 fully saturated rings. The highest BCUT2D eigenvalue weighted by Gasteiger charge is 2.64. The van der Waals surface area contributed by atoms with Crippen molar-refractivity contribution in [3.8, 4) is 0 Å². The number of nitrogens with zero attached hydrogens (tertiary/aromatic N) is 1. The maximum atomic E-state index is 13.9. The number of rotatable bonds is 15. The Morgan fingerprint density at radius 1 is 0.941 bits per heavy atom. The quantitative estimate of drug-likeness (QED) is 0.249. The van der Waals surface area contributed by atoms with E-state index >= 15 is 0 Å². The fourth-order valence-corrected chi connectivity index (χ4v) is 5.04. The second-order valence-electron chi connectivity index (χ2n) is 9.50. The molecule has 2 rings (SSSR count). The van der Waals surface area contributed by atoms with E-state index in [4.69, 9.17) is 4.99 Å². The number of unbranched alkanes of at least 4 members (excludes halogenated alkanes) is 4. The van der Waals surface area contributed by atoms with Crippen LogP contribution in [0, 0.1) is 17.3 Å². The molecule has 3 N–H and O–H groups in total. The lowest BCUT2D eigenvalue weighted by Crippen LogP contribution is -2.51. The number of aromatic nitrogens is 1. The average Bonchev–Trinajstić information content (AvgIpc) is 3.45. The van der Waals surface area contributed by atoms with E-state index in [1.54, 1.807) is 18.3 Å². The summed E-state index contributed by atoms with van der Waals surface area (Å²) in [6.45, 7) is 6.87. The molecular formula is C26H38N2O6. The van der Waals surface area contributed by atoms with E-state index in [0.29, 0.717) is 18.5 Å². The van der Waals surface area contributed by atoms with E-state index in [2.05, 4.69) is 4.98 Å². The van der Waals surface area contributed by atoms with Crippen molar-refractivity contribution in [3.05, 3.63) is 24.0 Å². The monoisotopic (exact) mass is 474 g/mol. The molecule has 2 heterocycles. The van der Waals surface area contributed by atoms with Gasteiger partial charge in [0.25, 0.3) is 0 Å². The van der Waals surface area contributed by atoms with E-state index in [-0.39, 0.29) is 36.5 Å². The van der Waals surface area contributed by atoms with Crippen LogP contribution in [0.25, 0.3) is 0 Å². The number of carbonyl (C=O) groups is 4. The minimum absolute atomic E-state index is 0.159. The van der Waals surface area contributed by atoms with Crippen LogP contribution in [0.2, 0.25) is 0 Å². The molecule has 8 nitrogen and oxygen atoms in total. The van der Waals surface area contributed by atoms with Crippen LogP contribution in [-0.4, -0.2) is 50.0 Å². The lowest BCUT2D eigenvalue weighted by atomic mass is 9.62. The molecule has 8 heteroatoms. The predicted molar refractivity (Wildman–Crippen MR) is 129 cm³/mol. The Morgan fingerprint density at radius 2 is 1.44 bits per heavy atom. The average molecular weight is 475 g/mol. The minimum Gasteiger partial charge on any atom is -0.481 e. The van der Waals surface area contributed by atoms with E-state index < -0.39 is 34.7 Å². The zero-order valence-corrected chi connectivity index (χ0v) is 20.7. The van der Waals surface area contributed by atoms with Gasteiger partial charge in [0.1, 0.15) is 5.41 Å². The SMILES string of the molecule is CCCCCC(=O)C1(C(=O)CCCCC)CC(C(C)C(=O)O)(C(C)C(=O)O)N=C1c1ccc[nH]1. The first-order chi connectivity index (χ1) is 16.1. The molecule has 0 aliphatic carbocycles. The molecule has 1 aliphatic rings. The molecule has 188 valence electrons. The number of hydrogen-bond donors (Lipinski definition) is 3. The molecule has 0 aromatic carbocycles. The Hall–Kier alpha value is -2.77. The summed E-state index contributed by atoms with van der Waals surface area (Å²) in [5, 5.41) is 19.8. The van der Waals surface area contributed by atoms with Gasteiger partial charge < -0.3 is 15.2 Å². The number of aliphatic carboxylic acids is 2. The Morgan fingerprint density at radius 3 is 1.82 bits per heavy atom. The van der Waals surface area contributed by atoms with Crippen molar-refractivity contribution in [1.29, 1.82) is 0 Å². The first kappa shape index (κ1) is 27.5. The summed E-state index contributed by atoms with van der Waals surface area (Å²) in [6, 6.07) is 3.41. The summed E-state index contributed by atoms with van der Waals surface area (Å²) in [5.74, 6) is -5.44. The fraction of sp³-hybridized carbons (Fsp3) is 0.654. The summed E-state index contributed by atoms with van der Waals surface area (Å²) < 4.78 is 0. The molecule has 0 amide bonds. The van der Waals surface area contributed by atoms with Gasteiger partial charge in [0, 0.05) is 19.0 Å². The van der Waals surface area contributed by atoms with Crippen molar-refractivity contribution in [2.24, 2.45) is 22.2 Å². The number of carboxylic acid groups (broad SMARTS) is 2. The number of Topliss-reactive ketones (excluding diaryl/α,β-unsaturated/α-hetero) is 2. The van der Waals surface area contributed by atoms with Gasteiger partial charge in [0.15, 0.2) is 11.6 Å². The molecule has 0 bridgehead atoms. The smallest absolute Gasteiger partial charge is 0.308 e. The molecule has 1 aliphatic heterocycles. The number of nitrogens with one attached hydrogen (secondary N) is 1. The van der Waals surface area contributed by atoms with E-state index in [1.165, 1.54) is 13.8 Å². The van der Waals surface area contributed by atoms with Gasteiger partial charge >= 0.3 is 11.9 Å². The fourth-order valence-electron chi connectivity index (χ4n) is 5.04. The topological polar surface area (TPSA) is 137 Å². The van der Waals surface area contributed by atoms with Crippen molar-refractivity contribution in [1.82, 2.24) is 4.98 Å². The Kier molecular flexibility index (Phi) is 9.36. The van der Waals surface area contributed by atoms with Gasteiger partial charge in [-0.05, 0) is 45.2 Å². The number of H-pyrrole nitrogens is 1. The third-order valence-corrected chi connectivity index (χ3v) is 7.33. The number of aliphatic imine (C=N–C) groups is 1. The number of carboxylic acids is 2. The lowest BCUT2D eigenvalue weighted by molar-refractivity contribution is -0.152. The Labute approximate surface area is 201 Å². The Balaban J connectivity index is 2.76. The van der Waals surface area contributed by atoms with Gasteiger partial charge in [-0.1, -0.05) is 39.5 Å². The molecule has 34 heavy (non-hydrogen) atoms. The van der Waals surface area contributed by atoms with Crippen LogP contribution < -0.4 is 0 Å². The Bertz CT molecular complexity index is 876. The second kappa shape index (κ2) is 11.6. The van der Waals surface area contributed by atoms with E-state index in [1.807, 2.05) is 13.8 Å². The van der Waals surface area contributed by atoms with Crippen molar-refractivity contribution >= 4 is 29.2 Å². The van der Waals surface area contributed by atoms with Gasteiger partial charge in [-0.2, -0.15) is 0 Å². The van der Waals surface area contributed by atoms with Crippen molar-refractivity contribution in [3.63, 3.8) is 0 Å². The van der Waals surface area contributed by atoms with Crippen LogP contribution in [0.4, 0.5) is 0 Å². The maximum absolute atomic E-state index is 13.9. The zero-order valence-electron chi connectivity index (χ0n) is 20.7. The zero-order chi connectivity index (χ0) is 25.5. The molecule has 1 aromatic heterocycles. The molecule has 2 unspecified atom stereocenters. The van der Waals surface area contributed by atoms with Gasteiger partial charge in [0.05, 0.1) is 28.8 Å². The third kappa shape index (κ3) is 5.15. The predicted octanol–water partition coefficient (Wildman–Crippen LogP) is 4.67.